The Morgan fingerprint density at radius 1 is 1.25 bits per heavy atom. The molecule has 0 amide bonds. The van der Waals surface area contributed by atoms with Gasteiger partial charge in [-0.05, 0) is 19.1 Å². The predicted molar refractivity (Wildman–Crippen MR) is 66.5 cm³/mol. The minimum atomic E-state index is -0.314. The Bertz CT molecular complexity index is 553. The van der Waals surface area contributed by atoms with Crippen molar-refractivity contribution in [1.29, 1.82) is 0 Å². The first-order valence-electron chi connectivity index (χ1n) is 4.44. The normalized spacial score (nSPS) is 10.4. The van der Waals surface area contributed by atoms with E-state index in [-0.39, 0.29) is 10.6 Å². The highest BCUT2D eigenvalue weighted by atomic mass is 35.5. The van der Waals surface area contributed by atoms with Crippen LogP contribution in [0.3, 0.4) is 0 Å². The van der Waals surface area contributed by atoms with Gasteiger partial charge in [-0.2, -0.15) is 8.75 Å². The van der Waals surface area contributed by atoms with Crippen molar-refractivity contribution in [2.24, 2.45) is 0 Å². The molecule has 0 saturated carbocycles. The van der Waals surface area contributed by atoms with Gasteiger partial charge in [0.25, 0.3) is 0 Å². The summed E-state index contributed by atoms with van der Waals surface area (Å²) in [5.41, 5.74) is 0.862. The van der Waals surface area contributed by atoms with Crippen molar-refractivity contribution >= 4 is 35.1 Å². The van der Waals surface area contributed by atoms with Crippen LogP contribution in [-0.4, -0.2) is 8.75 Å². The van der Waals surface area contributed by atoms with E-state index in [1.807, 2.05) is 31.2 Å². The van der Waals surface area contributed by atoms with Crippen LogP contribution >= 0.6 is 35.1 Å². The third-order valence-corrected chi connectivity index (χ3v) is 3.84. The Kier molecular flexibility index (Phi) is 3.58. The van der Waals surface area contributed by atoms with Gasteiger partial charge in [0.2, 0.25) is 5.43 Å². The van der Waals surface area contributed by atoms with Gasteiger partial charge in [0.1, 0.15) is 0 Å². The van der Waals surface area contributed by atoms with Gasteiger partial charge in [-0.3, -0.25) is 4.79 Å². The van der Waals surface area contributed by atoms with Crippen molar-refractivity contribution < 1.29 is 0 Å². The van der Waals surface area contributed by atoms with E-state index in [1.54, 1.807) is 0 Å². The summed E-state index contributed by atoms with van der Waals surface area (Å²) >= 11 is 7.88. The molecule has 6 heteroatoms. The smallest absolute Gasteiger partial charge is 0.250 e. The number of aromatic nitrogens is 2. The van der Waals surface area contributed by atoms with Gasteiger partial charge in [-0.25, -0.2) is 0 Å². The van der Waals surface area contributed by atoms with Crippen molar-refractivity contribution in [3.8, 4) is 0 Å². The lowest BCUT2D eigenvalue weighted by molar-refractivity contribution is 1.15. The molecule has 0 spiro atoms. The Balaban J connectivity index is 2.31. The van der Waals surface area contributed by atoms with E-state index in [2.05, 4.69) is 8.75 Å². The zero-order valence-electron chi connectivity index (χ0n) is 8.31. The number of nitrogens with zero attached hydrogens (tertiary/aromatic N) is 2. The number of hydrogen-bond donors (Lipinski definition) is 0. The second kappa shape index (κ2) is 4.95. The van der Waals surface area contributed by atoms with Crippen LogP contribution in [0.4, 0.5) is 0 Å². The molecule has 0 radical (unpaired) electrons. The van der Waals surface area contributed by atoms with Crippen LogP contribution in [0.15, 0.2) is 39.0 Å². The topological polar surface area (TPSA) is 42.9 Å². The van der Waals surface area contributed by atoms with Gasteiger partial charge in [0.05, 0.1) is 11.7 Å². The van der Waals surface area contributed by atoms with E-state index in [0.717, 1.165) is 16.6 Å². The molecular weight excluding hydrogens is 264 g/mol. The second-order valence-electron chi connectivity index (χ2n) is 3.10. The van der Waals surface area contributed by atoms with Gasteiger partial charge in [-0.1, -0.05) is 41.1 Å². The predicted octanol–water partition coefficient (Wildman–Crippen LogP) is 3.01. The second-order valence-corrected chi connectivity index (χ2v) is 5.05. The molecule has 0 aliphatic carbocycles. The third-order valence-electron chi connectivity index (χ3n) is 1.86. The van der Waals surface area contributed by atoms with Gasteiger partial charge in [-0.15, -0.1) is 0 Å². The van der Waals surface area contributed by atoms with Gasteiger partial charge < -0.3 is 0 Å². The van der Waals surface area contributed by atoms with Crippen LogP contribution in [0.2, 0.25) is 5.15 Å². The van der Waals surface area contributed by atoms with Crippen molar-refractivity contribution in [1.82, 2.24) is 8.75 Å². The minimum absolute atomic E-state index is 0.0189. The van der Waals surface area contributed by atoms with Crippen molar-refractivity contribution in [3.63, 3.8) is 0 Å². The Morgan fingerprint density at radius 3 is 2.62 bits per heavy atom. The number of halogens is 1. The van der Waals surface area contributed by atoms with Crippen LogP contribution in [-0.2, 0) is 0 Å². The summed E-state index contributed by atoms with van der Waals surface area (Å²) < 4.78 is 7.62. The summed E-state index contributed by atoms with van der Waals surface area (Å²) in [6.45, 7) is 2.01. The highest BCUT2D eigenvalue weighted by Crippen LogP contribution is 2.24. The average Bonchev–Trinajstić information content (AvgIpc) is 2.28. The van der Waals surface area contributed by atoms with E-state index in [4.69, 9.17) is 11.6 Å². The molecular formula is C10H7ClN2OS2. The van der Waals surface area contributed by atoms with Gasteiger partial charge in [0, 0.05) is 4.90 Å². The molecule has 2 rings (SSSR count). The number of benzene rings is 1. The van der Waals surface area contributed by atoms with E-state index >= 15 is 0 Å². The largest absolute Gasteiger partial charge is 0.283 e. The first kappa shape index (κ1) is 11.6. The van der Waals surface area contributed by atoms with Crippen LogP contribution in [0.5, 0.6) is 0 Å². The number of rotatable bonds is 2. The zero-order chi connectivity index (χ0) is 11.5. The van der Waals surface area contributed by atoms with Gasteiger partial charge >= 0.3 is 0 Å². The fraction of sp³-hybridized carbons (Fsp3) is 0.100. The van der Waals surface area contributed by atoms with Crippen LogP contribution in [0, 0.1) is 6.92 Å². The lowest BCUT2D eigenvalue weighted by Gasteiger charge is -1.99. The third kappa shape index (κ3) is 2.61. The van der Waals surface area contributed by atoms with E-state index in [1.165, 1.54) is 17.3 Å². The summed E-state index contributed by atoms with van der Waals surface area (Å²) in [5, 5.41) is 0.350. The molecule has 0 fully saturated rings. The lowest BCUT2D eigenvalue weighted by Crippen LogP contribution is -2.06. The standard InChI is InChI=1S/C10H7ClN2OS2/c1-6-2-4-7(5-3-6)15-10-8(14)9(11)12-16-13-10/h2-5H,1H3. The molecule has 0 bridgehead atoms. The fourth-order valence-corrected chi connectivity index (χ4v) is 2.57. The molecule has 0 atom stereocenters. The molecule has 1 aromatic heterocycles. The molecule has 2 aromatic rings. The molecule has 0 aliphatic heterocycles. The highest BCUT2D eigenvalue weighted by molar-refractivity contribution is 7.99. The maximum absolute atomic E-state index is 11.6. The molecule has 16 heavy (non-hydrogen) atoms. The summed E-state index contributed by atoms with van der Waals surface area (Å²) in [4.78, 5) is 12.5. The van der Waals surface area contributed by atoms with Crippen molar-refractivity contribution in [3.05, 3.63) is 45.2 Å². The first-order chi connectivity index (χ1) is 7.66. The van der Waals surface area contributed by atoms with Crippen molar-refractivity contribution in [2.75, 3.05) is 0 Å². The van der Waals surface area contributed by atoms with E-state index in [9.17, 15) is 4.79 Å². The number of hydrogen-bond acceptors (Lipinski definition) is 5. The Labute approximate surface area is 106 Å². The summed E-state index contributed by atoms with van der Waals surface area (Å²) in [5.74, 6) is 0. The van der Waals surface area contributed by atoms with Crippen LogP contribution < -0.4 is 5.43 Å². The Hall–Kier alpha value is -0.910. The molecule has 82 valence electrons. The quantitative estimate of drug-likeness (QED) is 0.841. The van der Waals surface area contributed by atoms with E-state index < -0.39 is 0 Å². The lowest BCUT2D eigenvalue weighted by atomic mass is 10.2. The molecule has 0 unspecified atom stereocenters. The molecule has 0 saturated heterocycles. The van der Waals surface area contributed by atoms with Crippen LogP contribution in [0.25, 0.3) is 0 Å². The fourth-order valence-electron chi connectivity index (χ4n) is 1.05. The summed E-state index contributed by atoms with van der Waals surface area (Å²) in [6.07, 6.45) is 0. The summed E-state index contributed by atoms with van der Waals surface area (Å²) in [7, 11) is 0. The first-order valence-corrected chi connectivity index (χ1v) is 6.36. The molecule has 1 heterocycles. The molecule has 0 aliphatic rings. The van der Waals surface area contributed by atoms with Crippen molar-refractivity contribution in [2.45, 2.75) is 16.8 Å². The van der Waals surface area contributed by atoms with Crippen LogP contribution in [0.1, 0.15) is 5.56 Å². The average molecular weight is 271 g/mol. The zero-order valence-corrected chi connectivity index (χ0v) is 10.7. The maximum Gasteiger partial charge on any atom is 0.250 e. The molecule has 0 N–H and O–H groups in total. The summed E-state index contributed by atoms with van der Waals surface area (Å²) in [6, 6.07) is 7.86. The maximum atomic E-state index is 11.6. The SMILES string of the molecule is Cc1ccc(Sc2nsnc(Cl)c2=O)cc1. The highest BCUT2D eigenvalue weighted by Gasteiger charge is 2.08. The Morgan fingerprint density at radius 2 is 1.94 bits per heavy atom. The van der Waals surface area contributed by atoms with E-state index in [0.29, 0.717) is 5.03 Å². The monoisotopic (exact) mass is 270 g/mol. The molecule has 1 aromatic carbocycles. The number of aryl methyl sites for hydroxylation is 1. The minimum Gasteiger partial charge on any atom is -0.283 e. The molecule has 3 nitrogen and oxygen atoms in total. The van der Waals surface area contributed by atoms with Gasteiger partial charge in [0.15, 0.2) is 10.2 Å².